The van der Waals surface area contributed by atoms with Crippen molar-refractivity contribution in [1.29, 1.82) is 0 Å². The molecule has 3 aromatic rings. The van der Waals surface area contributed by atoms with Crippen molar-refractivity contribution in [3.63, 3.8) is 0 Å². The fourth-order valence-electron chi connectivity index (χ4n) is 2.00. The molecule has 6 heteroatoms. The molecule has 0 amide bonds. The molecule has 0 fully saturated rings. The van der Waals surface area contributed by atoms with E-state index in [2.05, 4.69) is 27.6 Å². The molecule has 1 N–H and O–H groups in total. The summed E-state index contributed by atoms with van der Waals surface area (Å²) >= 11 is 3.24. The molecule has 0 unspecified atom stereocenters. The average molecular weight is 343 g/mol. The van der Waals surface area contributed by atoms with Crippen LogP contribution in [0.2, 0.25) is 0 Å². The number of para-hydroxylation sites is 2. The van der Waals surface area contributed by atoms with Gasteiger partial charge in [0.15, 0.2) is 4.34 Å². The van der Waals surface area contributed by atoms with E-state index in [0.717, 1.165) is 26.7 Å². The van der Waals surface area contributed by atoms with Gasteiger partial charge in [-0.25, -0.2) is 0 Å². The van der Waals surface area contributed by atoms with Gasteiger partial charge >= 0.3 is 0 Å². The van der Waals surface area contributed by atoms with E-state index in [-0.39, 0.29) is 0 Å². The van der Waals surface area contributed by atoms with Crippen LogP contribution >= 0.6 is 23.1 Å². The van der Waals surface area contributed by atoms with Crippen LogP contribution in [-0.4, -0.2) is 16.8 Å². The van der Waals surface area contributed by atoms with Crippen LogP contribution in [0.4, 0.5) is 10.8 Å². The average Bonchev–Trinajstić information content (AvgIpc) is 3.03. The maximum atomic E-state index is 5.61. The van der Waals surface area contributed by atoms with Gasteiger partial charge in [-0.3, -0.25) is 0 Å². The SMILES string of the molecule is CCOc1ccccc1Nc1nnc(SCc2ccccc2)s1. The van der Waals surface area contributed by atoms with E-state index >= 15 is 0 Å². The lowest BCUT2D eigenvalue weighted by molar-refractivity contribution is 0.342. The van der Waals surface area contributed by atoms with Gasteiger partial charge in [-0.1, -0.05) is 65.6 Å². The van der Waals surface area contributed by atoms with Crippen molar-refractivity contribution in [2.24, 2.45) is 0 Å². The van der Waals surface area contributed by atoms with Gasteiger partial charge in [-0.05, 0) is 24.6 Å². The van der Waals surface area contributed by atoms with Crippen LogP contribution in [0, 0.1) is 0 Å². The van der Waals surface area contributed by atoms with Gasteiger partial charge in [0.05, 0.1) is 12.3 Å². The van der Waals surface area contributed by atoms with E-state index in [1.807, 2.05) is 49.4 Å². The molecule has 0 bridgehead atoms. The number of anilines is 2. The van der Waals surface area contributed by atoms with Gasteiger partial charge in [0.2, 0.25) is 5.13 Å². The molecule has 1 aromatic heterocycles. The molecule has 118 valence electrons. The number of rotatable bonds is 7. The Morgan fingerprint density at radius 3 is 2.65 bits per heavy atom. The van der Waals surface area contributed by atoms with Crippen LogP contribution in [0.25, 0.3) is 0 Å². The monoisotopic (exact) mass is 343 g/mol. The van der Waals surface area contributed by atoms with Crippen LogP contribution in [0.3, 0.4) is 0 Å². The highest BCUT2D eigenvalue weighted by molar-refractivity contribution is 8.00. The fraction of sp³-hybridized carbons (Fsp3) is 0.176. The summed E-state index contributed by atoms with van der Waals surface area (Å²) in [5.41, 5.74) is 2.19. The number of hydrogen-bond donors (Lipinski definition) is 1. The van der Waals surface area contributed by atoms with Crippen LogP contribution in [0.1, 0.15) is 12.5 Å². The smallest absolute Gasteiger partial charge is 0.210 e. The molecular formula is C17H17N3OS2. The maximum Gasteiger partial charge on any atom is 0.210 e. The summed E-state index contributed by atoms with van der Waals surface area (Å²) in [7, 11) is 0. The van der Waals surface area contributed by atoms with Gasteiger partial charge in [-0.2, -0.15) is 0 Å². The van der Waals surface area contributed by atoms with Gasteiger partial charge in [0, 0.05) is 5.75 Å². The van der Waals surface area contributed by atoms with Gasteiger partial charge < -0.3 is 10.1 Å². The molecule has 0 radical (unpaired) electrons. The number of nitrogens with one attached hydrogen (secondary N) is 1. The standard InChI is InChI=1S/C17H17N3OS2/c1-2-21-15-11-7-6-10-14(15)18-16-19-20-17(23-16)22-12-13-8-4-3-5-9-13/h3-11H,2,12H2,1H3,(H,18,19). The summed E-state index contributed by atoms with van der Waals surface area (Å²) in [6.07, 6.45) is 0. The van der Waals surface area contributed by atoms with Gasteiger partial charge in [0.25, 0.3) is 0 Å². The predicted molar refractivity (Wildman–Crippen MR) is 96.8 cm³/mol. The van der Waals surface area contributed by atoms with Crippen molar-refractivity contribution in [1.82, 2.24) is 10.2 Å². The quantitative estimate of drug-likeness (QED) is 0.614. The van der Waals surface area contributed by atoms with Crippen molar-refractivity contribution in [2.45, 2.75) is 17.0 Å². The molecule has 0 saturated carbocycles. The highest BCUT2D eigenvalue weighted by Crippen LogP contribution is 2.32. The third-order valence-corrected chi connectivity index (χ3v) is 5.08. The van der Waals surface area contributed by atoms with E-state index in [1.54, 1.807) is 23.1 Å². The van der Waals surface area contributed by atoms with E-state index in [9.17, 15) is 0 Å². The van der Waals surface area contributed by atoms with E-state index < -0.39 is 0 Å². The molecule has 0 saturated heterocycles. The summed E-state index contributed by atoms with van der Waals surface area (Å²) in [5, 5.41) is 12.5. The highest BCUT2D eigenvalue weighted by atomic mass is 32.2. The zero-order chi connectivity index (χ0) is 15.9. The second-order valence-corrected chi connectivity index (χ2v) is 6.90. The number of ether oxygens (including phenoxy) is 1. The molecule has 0 spiro atoms. The van der Waals surface area contributed by atoms with Crippen molar-refractivity contribution >= 4 is 33.9 Å². The Hall–Kier alpha value is -2.05. The van der Waals surface area contributed by atoms with Gasteiger partial charge in [0.1, 0.15) is 5.75 Å². The summed E-state index contributed by atoms with van der Waals surface area (Å²) in [6.45, 7) is 2.60. The largest absolute Gasteiger partial charge is 0.492 e. The topological polar surface area (TPSA) is 47.0 Å². The maximum absolute atomic E-state index is 5.61. The minimum absolute atomic E-state index is 0.632. The number of nitrogens with zero attached hydrogens (tertiary/aromatic N) is 2. The van der Waals surface area contributed by atoms with Crippen molar-refractivity contribution < 1.29 is 4.74 Å². The number of aromatic nitrogens is 2. The first-order valence-corrected chi connectivity index (χ1v) is 9.14. The first-order valence-electron chi connectivity index (χ1n) is 7.34. The Morgan fingerprint density at radius 2 is 1.83 bits per heavy atom. The predicted octanol–water partition coefficient (Wildman–Crippen LogP) is 4.97. The lowest BCUT2D eigenvalue weighted by atomic mass is 10.2. The summed E-state index contributed by atoms with van der Waals surface area (Å²) in [4.78, 5) is 0. The second kappa shape index (κ2) is 7.99. The van der Waals surface area contributed by atoms with E-state index in [0.29, 0.717) is 6.61 Å². The van der Waals surface area contributed by atoms with Crippen molar-refractivity contribution in [3.05, 3.63) is 60.2 Å². The molecule has 1 heterocycles. The normalized spacial score (nSPS) is 10.5. The van der Waals surface area contributed by atoms with E-state index in [4.69, 9.17) is 4.74 Å². The molecule has 0 aliphatic rings. The third-order valence-electron chi connectivity index (χ3n) is 3.04. The number of hydrogen-bond acceptors (Lipinski definition) is 6. The summed E-state index contributed by atoms with van der Waals surface area (Å²) in [5.74, 6) is 1.72. The Labute approximate surface area is 143 Å². The first kappa shape index (κ1) is 15.8. The Bertz CT molecular complexity index is 746. The number of benzene rings is 2. The third kappa shape index (κ3) is 4.46. The first-order chi connectivity index (χ1) is 11.3. The molecular weight excluding hydrogens is 326 g/mol. The number of thioether (sulfide) groups is 1. The molecule has 2 aromatic carbocycles. The van der Waals surface area contributed by atoms with Gasteiger partial charge in [-0.15, -0.1) is 10.2 Å². The van der Waals surface area contributed by atoms with Crippen LogP contribution < -0.4 is 10.1 Å². The second-order valence-electron chi connectivity index (χ2n) is 4.70. The fourth-order valence-corrected chi connectivity index (χ4v) is 3.72. The zero-order valence-corrected chi connectivity index (χ0v) is 14.4. The molecule has 3 rings (SSSR count). The van der Waals surface area contributed by atoms with E-state index in [1.165, 1.54) is 5.56 Å². The molecule has 0 aliphatic carbocycles. The summed E-state index contributed by atoms with van der Waals surface area (Å²) < 4.78 is 6.56. The Morgan fingerprint density at radius 1 is 1.04 bits per heavy atom. The lowest BCUT2D eigenvalue weighted by Gasteiger charge is -2.09. The highest BCUT2D eigenvalue weighted by Gasteiger charge is 2.08. The molecule has 0 atom stereocenters. The van der Waals surface area contributed by atoms with Crippen LogP contribution in [0.5, 0.6) is 5.75 Å². The van der Waals surface area contributed by atoms with Crippen molar-refractivity contribution in [2.75, 3.05) is 11.9 Å². The lowest BCUT2D eigenvalue weighted by Crippen LogP contribution is -1.97. The Kier molecular flexibility index (Phi) is 5.50. The van der Waals surface area contributed by atoms with Crippen LogP contribution in [0.15, 0.2) is 58.9 Å². The molecule has 0 aliphatic heterocycles. The van der Waals surface area contributed by atoms with Crippen LogP contribution in [-0.2, 0) is 5.75 Å². The Balaban J connectivity index is 1.63. The zero-order valence-electron chi connectivity index (χ0n) is 12.7. The molecule has 4 nitrogen and oxygen atoms in total. The van der Waals surface area contributed by atoms with Crippen molar-refractivity contribution in [3.8, 4) is 5.75 Å². The molecule has 23 heavy (non-hydrogen) atoms. The minimum Gasteiger partial charge on any atom is -0.492 e. The minimum atomic E-state index is 0.632. The summed E-state index contributed by atoms with van der Waals surface area (Å²) in [6, 6.07) is 18.2.